The molecule has 0 aliphatic heterocycles. The van der Waals surface area contributed by atoms with Crippen LogP contribution >= 0.6 is 11.3 Å². The highest BCUT2D eigenvalue weighted by molar-refractivity contribution is 7.25. The molecule has 8 aromatic carbocycles. The van der Waals surface area contributed by atoms with Crippen LogP contribution in [0.1, 0.15) is 0 Å². The van der Waals surface area contributed by atoms with Gasteiger partial charge in [-0.3, -0.25) is 0 Å². The first-order valence-electron chi connectivity index (χ1n) is 19.0. The summed E-state index contributed by atoms with van der Waals surface area (Å²) in [6.07, 6.45) is 0. The summed E-state index contributed by atoms with van der Waals surface area (Å²) in [7, 11) is 0. The molecule has 0 atom stereocenters. The van der Waals surface area contributed by atoms with E-state index in [1.54, 1.807) is 11.3 Å². The Labute approximate surface area is 330 Å². The molecule has 0 amide bonds. The van der Waals surface area contributed by atoms with Gasteiger partial charge in [-0.25, -0.2) is 15.0 Å². The molecular weight excluding hydrogens is 717 g/mol. The first-order chi connectivity index (χ1) is 28.2. The second-order valence-electron chi connectivity index (χ2n) is 14.4. The third-order valence-electron chi connectivity index (χ3n) is 11.1. The summed E-state index contributed by atoms with van der Waals surface area (Å²) in [4.78, 5) is 15.2. The zero-order valence-electron chi connectivity index (χ0n) is 30.4. The predicted octanol–water partition coefficient (Wildman–Crippen LogP) is 13.9. The maximum Gasteiger partial charge on any atom is 0.167 e. The molecule has 0 bridgehead atoms. The highest BCUT2D eigenvalue weighted by Gasteiger charge is 2.19. The van der Waals surface area contributed by atoms with Gasteiger partial charge < -0.3 is 8.98 Å². The monoisotopic (exact) mass is 746 g/mol. The molecule has 12 rings (SSSR count). The summed E-state index contributed by atoms with van der Waals surface area (Å²) in [6, 6.07) is 64.0. The van der Waals surface area contributed by atoms with E-state index in [1.807, 2.05) is 60.7 Å². The van der Waals surface area contributed by atoms with Crippen LogP contribution in [0.3, 0.4) is 0 Å². The van der Waals surface area contributed by atoms with Crippen molar-refractivity contribution in [3.63, 3.8) is 0 Å². The Morgan fingerprint density at radius 1 is 0.386 bits per heavy atom. The van der Waals surface area contributed by atoms with E-state index >= 15 is 0 Å². The fraction of sp³-hybridized carbons (Fsp3) is 0. The summed E-state index contributed by atoms with van der Waals surface area (Å²) >= 11 is 1.80. The molecule has 6 heteroatoms. The number of hydrogen-bond acceptors (Lipinski definition) is 5. The standard InChI is InChI=1S/C51H30N4OS/c1-3-12-31(13-4-1)49-52-50(54-51(53-49)42-19-11-18-41-38-17-8-10-21-45(38)56-48(41)42)34-24-27-40-39-26-23-33(29-46(39)57-47(40)30-34)32-22-25-37-36-16-7-9-20-43(36)55(44(37)28-32)35-14-5-2-6-15-35/h1-30H. The Morgan fingerprint density at radius 2 is 0.965 bits per heavy atom. The summed E-state index contributed by atoms with van der Waals surface area (Å²) in [5.41, 5.74) is 10.2. The molecule has 0 aliphatic rings. The molecule has 0 unspecified atom stereocenters. The smallest absolute Gasteiger partial charge is 0.167 e. The van der Waals surface area contributed by atoms with Crippen molar-refractivity contribution in [1.82, 2.24) is 19.5 Å². The number of nitrogens with zero attached hydrogens (tertiary/aromatic N) is 4. The van der Waals surface area contributed by atoms with Crippen LogP contribution in [0.5, 0.6) is 0 Å². The van der Waals surface area contributed by atoms with Gasteiger partial charge in [-0.15, -0.1) is 11.3 Å². The number of para-hydroxylation sites is 4. The highest BCUT2D eigenvalue weighted by atomic mass is 32.1. The summed E-state index contributed by atoms with van der Waals surface area (Å²) in [6.45, 7) is 0. The fourth-order valence-corrected chi connectivity index (χ4v) is 9.55. The molecule has 4 heterocycles. The van der Waals surface area contributed by atoms with Gasteiger partial charge in [-0.1, -0.05) is 133 Å². The number of rotatable bonds is 5. The topological polar surface area (TPSA) is 56.7 Å². The summed E-state index contributed by atoms with van der Waals surface area (Å²) < 4.78 is 11.2. The zero-order chi connectivity index (χ0) is 37.5. The third kappa shape index (κ3) is 5.12. The molecule has 4 aromatic heterocycles. The van der Waals surface area contributed by atoms with Crippen molar-refractivity contribution in [2.24, 2.45) is 0 Å². The van der Waals surface area contributed by atoms with Crippen LogP contribution in [0.2, 0.25) is 0 Å². The van der Waals surface area contributed by atoms with Crippen LogP contribution < -0.4 is 0 Å². The van der Waals surface area contributed by atoms with Crippen LogP contribution in [-0.4, -0.2) is 19.5 Å². The zero-order valence-corrected chi connectivity index (χ0v) is 31.2. The van der Waals surface area contributed by atoms with E-state index < -0.39 is 0 Å². The van der Waals surface area contributed by atoms with Crippen molar-refractivity contribution >= 4 is 75.3 Å². The predicted molar refractivity (Wildman–Crippen MR) is 236 cm³/mol. The SMILES string of the molecule is c1ccc(-c2nc(-c3ccc4c(c3)sc3cc(-c5ccc6c7ccccc7n(-c7ccccc7)c6c5)ccc34)nc(-c3cccc4c3oc3ccccc34)n2)cc1. The van der Waals surface area contributed by atoms with Gasteiger partial charge in [0.05, 0.1) is 16.6 Å². The number of hydrogen-bond donors (Lipinski definition) is 0. The summed E-state index contributed by atoms with van der Waals surface area (Å²) in [5, 5.41) is 7.07. The Kier molecular flexibility index (Phi) is 7.03. The molecule has 0 spiro atoms. The minimum Gasteiger partial charge on any atom is -0.455 e. The Morgan fingerprint density at radius 3 is 1.77 bits per heavy atom. The van der Waals surface area contributed by atoms with Crippen LogP contribution in [0.15, 0.2) is 186 Å². The Balaban J connectivity index is 0.981. The van der Waals surface area contributed by atoms with E-state index in [2.05, 4.69) is 126 Å². The maximum absolute atomic E-state index is 6.42. The second kappa shape index (κ2) is 12.6. The number of thiophene rings is 1. The number of benzene rings is 8. The van der Waals surface area contributed by atoms with Crippen molar-refractivity contribution in [2.75, 3.05) is 0 Å². The molecule has 0 saturated heterocycles. The largest absolute Gasteiger partial charge is 0.455 e. The van der Waals surface area contributed by atoms with E-state index in [0.717, 1.165) is 44.3 Å². The Hall–Kier alpha value is -7.41. The Bertz CT molecular complexity index is 3530. The lowest BCUT2D eigenvalue weighted by Gasteiger charge is -2.09. The minimum absolute atomic E-state index is 0.577. The van der Waals surface area contributed by atoms with Crippen molar-refractivity contribution in [2.45, 2.75) is 0 Å². The van der Waals surface area contributed by atoms with Gasteiger partial charge >= 0.3 is 0 Å². The highest BCUT2D eigenvalue weighted by Crippen LogP contribution is 2.41. The van der Waals surface area contributed by atoms with Crippen LogP contribution in [0.25, 0.3) is 115 Å². The minimum atomic E-state index is 0.577. The van der Waals surface area contributed by atoms with Gasteiger partial charge in [-0.05, 0) is 59.7 Å². The number of aromatic nitrogens is 4. The molecule has 0 fully saturated rings. The summed E-state index contributed by atoms with van der Waals surface area (Å²) in [5.74, 6) is 1.81. The van der Waals surface area contributed by atoms with Gasteiger partial charge in [0.1, 0.15) is 11.2 Å². The van der Waals surface area contributed by atoms with Crippen molar-refractivity contribution in [3.8, 4) is 51.0 Å². The average molecular weight is 747 g/mol. The third-order valence-corrected chi connectivity index (χ3v) is 12.2. The molecule has 0 saturated carbocycles. The molecule has 0 N–H and O–H groups in total. The van der Waals surface area contributed by atoms with Gasteiger partial charge in [-0.2, -0.15) is 0 Å². The van der Waals surface area contributed by atoms with Gasteiger partial charge in [0.2, 0.25) is 0 Å². The molecule has 5 nitrogen and oxygen atoms in total. The molecule has 0 aliphatic carbocycles. The van der Waals surface area contributed by atoms with Crippen LogP contribution in [-0.2, 0) is 0 Å². The van der Waals surface area contributed by atoms with E-state index in [-0.39, 0.29) is 0 Å². The molecule has 12 aromatic rings. The normalized spacial score (nSPS) is 11.9. The van der Waals surface area contributed by atoms with E-state index in [1.165, 1.54) is 53.1 Å². The lowest BCUT2D eigenvalue weighted by molar-refractivity contribution is 0.669. The lowest BCUT2D eigenvalue weighted by atomic mass is 10.0. The van der Waals surface area contributed by atoms with E-state index in [9.17, 15) is 0 Å². The van der Waals surface area contributed by atoms with E-state index in [4.69, 9.17) is 19.4 Å². The molecule has 57 heavy (non-hydrogen) atoms. The second-order valence-corrected chi connectivity index (χ2v) is 15.5. The molecule has 0 radical (unpaired) electrons. The van der Waals surface area contributed by atoms with Crippen molar-refractivity contribution < 1.29 is 4.42 Å². The number of furan rings is 1. The quantitative estimate of drug-likeness (QED) is 0.176. The molecular formula is C51H30N4OS. The maximum atomic E-state index is 6.42. The van der Waals surface area contributed by atoms with Gasteiger partial charge in [0.25, 0.3) is 0 Å². The first kappa shape index (κ1) is 31.9. The fourth-order valence-electron chi connectivity index (χ4n) is 8.37. The van der Waals surface area contributed by atoms with E-state index in [0.29, 0.717) is 17.5 Å². The van der Waals surface area contributed by atoms with Gasteiger partial charge in [0.15, 0.2) is 17.5 Å². The van der Waals surface area contributed by atoms with Gasteiger partial charge in [0, 0.05) is 58.5 Å². The average Bonchev–Trinajstić information content (AvgIpc) is 3.95. The lowest BCUT2D eigenvalue weighted by Crippen LogP contribution is -2.00. The van der Waals surface area contributed by atoms with Crippen LogP contribution in [0.4, 0.5) is 0 Å². The first-order valence-corrected chi connectivity index (χ1v) is 19.8. The van der Waals surface area contributed by atoms with Crippen molar-refractivity contribution in [3.05, 3.63) is 182 Å². The van der Waals surface area contributed by atoms with Crippen LogP contribution in [0, 0.1) is 0 Å². The molecule has 266 valence electrons. The number of fused-ring (bicyclic) bond motifs is 9. The van der Waals surface area contributed by atoms with Crippen molar-refractivity contribution in [1.29, 1.82) is 0 Å².